The first kappa shape index (κ1) is 17.7. The highest BCUT2D eigenvalue weighted by molar-refractivity contribution is 6.01. The summed E-state index contributed by atoms with van der Waals surface area (Å²) in [6.45, 7) is 3.90. The van der Waals surface area contributed by atoms with Gasteiger partial charge in [-0.05, 0) is 50.2 Å². The van der Waals surface area contributed by atoms with Crippen LogP contribution in [0.25, 0.3) is 0 Å². The third-order valence-corrected chi connectivity index (χ3v) is 4.15. The number of carbonyl (C=O) groups excluding carboxylic acids is 2. The number of hydrogen-bond donors (Lipinski definition) is 2. The number of anilines is 3. The van der Waals surface area contributed by atoms with E-state index in [0.717, 1.165) is 0 Å². The molecule has 0 aromatic heterocycles. The molecule has 2 aromatic rings. The van der Waals surface area contributed by atoms with Crippen molar-refractivity contribution >= 4 is 29.0 Å². The molecule has 3 rings (SSSR count). The summed E-state index contributed by atoms with van der Waals surface area (Å²) in [5, 5.41) is 5.31. The molecule has 0 aliphatic carbocycles. The SMILES string of the molecule is CN1C(=O)C(C)(C)COc2cc(NC(=O)Nc3ccc(F)cc3)ccc21. The second-order valence-electron chi connectivity index (χ2n) is 6.81. The summed E-state index contributed by atoms with van der Waals surface area (Å²) in [6, 6.07) is 10.1. The summed E-state index contributed by atoms with van der Waals surface area (Å²) in [7, 11) is 1.70. The van der Waals surface area contributed by atoms with E-state index in [1.165, 1.54) is 24.3 Å². The van der Waals surface area contributed by atoms with Crippen LogP contribution in [0.5, 0.6) is 5.75 Å². The van der Waals surface area contributed by atoms with Gasteiger partial charge in [0.25, 0.3) is 0 Å². The molecule has 0 radical (unpaired) electrons. The van der Waals surface area contributed by atoms with Gasteiger partial charge in [-0.1, -0.05) is 0 Å². The number of benzene rings is 2. The molecule has 0 atom stereocenters. The first-order chi connectivity index (χ1) is 12.3. The molecular weight excluding hydrogens is 337 g/mol. The van der Waals surface area contributed by atoms with Crippen LogP contribution < -0.4 is 20.3 Å². The number of urea groups is 1. The van der Waals surface area contributed by atoms with Crippen molar-refractivity contribution in [1.82, 2.24) is 0 Å². The molecule has 1 aliphatic rings. The van der Waals surface area contributed by atoms with E-state index in [1.54, 1.807) is 30.1 Å². The molecule has 26 heavy (non-hydrogen) atoms. The molecule has 3 amide bonds. The second kappa shape index (κ2) is 6.67. The second-order valence-corrected chi connectivity index (χ2v) is 6.81. The minimum absolute atomic E-state index is 0.0361. The summed E-state index contributed by atoms with van der Waals surface area (Å²) in [5.41, 5.74) is 0.998. The van der Waals surface area contributed by atoms with Crippen molar-refractivity contribution in [1.29, 1.82) is 0 Å². The van der Waals surface area contributed by atoms with Crippen LogP contribution in [0.1, 0.15) is 13.8 Å². The summed E-state index contributed by atoms with van der Waals surface area (Å²) >= 11 is 0. The number of amides is 3. The predicted octanol–water partition coefficient (Wildman–Crippen LogP) is 3.85. The number of ether oxygens (including phenoxy) is 1. The van der Waals surface area contributed by atoms with Crippen LogP contribution in [-0.2, 0) is 4.79 Å². The highest BCUT2D eigenvalue weighted by atomic mass is 19.1. The lowest BCUT2D eigenvalue weighted by Gasteiger charge is -2.24. The van der Waals surface area contributed by atoms with Gasteiger partial charge in [-0.15, -0.1) is 0 Å². The third-order valence-electron chi connectivity index (χ3n) is 4.15. The summed E-state index contributed by atoms with van der Waals surface area (Å²) in [5.74, 6) is 0.109. The Kier molecular flexibility index (Phi) is 4.54. The van der Waals surface area contributed by atoms with Gasteiger partial charge in [0.05, 0.1) is 11.1 Å². The molecule has 0 saturated carbocycles. The Morgan fingerprint density at radius 3 is 2.42 bits per heavy atom. The molecule has 1 aliphatic heterocycles. The zero-order chi connectivity index (χ0) is 18.9. The van der Waals surface area contributed by atoms with E-state index in [1.807, 2.05) is 13.8 Å². The van der Waals surface area contributed by atoms with E-state index in [4.69, 9.17) is 4.74 Å². The van der Waals surface area contributed by atoms with Gasteiger partial charge in [-0.3, -0.25) is 4.79 Å². The maximum Gasteiger partial charge on any atom is 0.323 e. The van der Waals surface area contributed by atoms with E-state index >= 15 is 0 Å². The summed E-state index contributed by atoms with van der Waals surface area (Å²) in [6.07, 6.45) is 0. The lowest BCUT2D eigenvalue weighted by molar-refractivity contribution is -0.127. The zero-order valence-electron chi connectivity index (χ0n) is 14.8. The molecule has 2 aromatic carbocycles. The van der Waals surface area contributed by atoms with E-state index < -0.39 is 11.4 Å². The molecule has 0 bridgehead atoms. The summed E-state index contributed by atoms with van der Waals surface area (Å²) < 4.78 is 18.7. The van der Waals surface area contributed by atoms with Crippen molar-refractivity contribution in [3.8, 4) is 5.75 Å². The number of fused-ring (bicyclic) bond motifs is 1. The zero-order valence-corrected chi connectivity index (χ0v) is 14.8. The van der Waals surface area contributed by atoms with Crippen molar-refractivity contribution in [2.45, 2.75) is 13.8 Å². The largest absolute Gasteiger partial charge is 0.490 e. The number of carbonyl (C=O) groups is 2. The quantitative estimate of drug-likeness (QED) is 0.858. The predicted molar refractivity (Wildman–Crippen MR) is 98.2 cm³/mol. The Morgan fingerprint density at radius 2 is 1.73 bits per heavy atom. The van der Waals surface area contributed by atoms with Crippen molar-refractivity contribution in [3.05, 3.63) is 48.3 Å². The molecular formula is C19H20FN3O3. The molecule has 6 nitrogen and oxygen atoms in total. The first-order valence-corrected chi connectivity index (χ1v) is 8.15. The first-order valence-electron chi connectivity index (χ1n) is 8.15. The number of nitrogens with one attached hydrogen (secondary N) is 2. The van der Waals surface area contributed by atoms with Crippen molar-refractivity contribution < 1.29 is 18.7 Å². The fourth-order valence-electron chi connectivity index (χ4n) is 2.69. The Hall–Kier alpha value is -3.09. The minimum atomic E-state index is -0.638. The molecule has 0 unspecified atom stereocenters. The van der Waals surface area contributed by atoms with Gasteiger partial charge in [0.15, 0.2) is 0 Å². The van der Waals surface area contributed by atoms with Crippen LogP contribution >= 0.6 is 0 Å². The van der Waals surface area contributed by atoms with E-state index in [2.05, 4.69) is 10.6 Å². The van der Waals surface area contributed by atoms with E-state index in [-0.39, 0.29) is 18.3 Å². The molecule has 0 fully saturated rings. The lowest BCUT2D eigenvalue weighted by Crippen LogP contribution is -2.39. The topological polar surface area (TPSA) is 70.7 Å². The molecule has 0 saturated heterocycles. The van der Waals surface area contributed by atoms with Gasteiger partial charge in [-0.25, -0.2) is 9.18 Å². The number of hydrogen-bond acceptors (Lipinski definition) is 3. The van der Waals surface area contributed by atoms with Crippen LogP contribution in [0.4, 0.5) is 26.2 Å². The van der Waals surface area contributed by atoms with Gasteiger partial charge >= 0.3 is 6.03 Å². The smallest absolute Gasteiger partial charge is 0.323 e. The molecule has 0 spiro atoms. The van der Waals surface area contributed by atoms with Crippen LogP contribution in [0.2, 0.25) is 0 Å². The Balaban J connectivity index is 1.75. The van der Waals surface area contributed by atoms with Crippen LogP contribution in [0, 0.1) is 11.2 Å². The number of rotatable bonds is 2. The highest BCUT2D eigenvalue weighted by Gasteiger charge is 2.36. The maximum absolute atomic E-state index is 12.9. The molecule has 1 heterocycles. The normalized spacial score (nSPS) is 15.5. The fourth-order valence-corrected chi connectivity index (χ4v) is 2.69. The fraction of sp³-hybridized carbons (Fsp3) is 0.263. The number of nitrogens with zero attached hydrogens (tertiary/aromatic N) is 1. The molecule has 2 N–H and O–H groups in total. The Morgan fingerprint density at radius 1 is 1.12 bits per heavy atom. The highest BCUT2D eigenvalue weighted by Crippen LogP contribution is 2.37. The standard InChI is InChI=1S/C19H20FN3O3/c1-19(2)11-26-16-10-14(8-9-15(16)23(3)17(19)24)22-18(25)21-13-6-4-12(20)5-7-13/h4-10H,11H2,1-3H3,(H2,21,22,25). The van der Waals surface area contributed by atoms with Crippen molar-refractivity contribution in [2.24, 2.45) is 5.41 Å². The molecule has 7 heteroatoms. The average molecular weight is 357 g/mol. The van der Waals surface area contributed by atoms with Crippen LogP contribution in [-0.4, -0.2) is 25.6 Å². The van der Waals surface area contributed by atoms with Crippen LogP contribution in [0.15, 0.2) is 42.5 Å². The summed E-state index contributed by atoms with van der Waals surface area (Å²) in [4.78, 5) is 26.1. The van der Waals surface area contributed by atoms with Crippen LogP contribution in [0.3, 0.4) is 0 Å². The van der Waals surface area contributed by atoms with Gasteiger partial charge in [0, 0.05) is 24.5 Å². The van der Waals surface area contributed by atoms with Crippen molar-refractivity contribution in [3.63, 3.8) is 0 Å². The van der Waals surface area contributed by atoms with Crippen molar-refractivity contribution in [2.75, 3.05) is 29.2 Å². The average Bonchev–Trinajstić information content (AvgIpc) is 2.68. The molecule has 136 valence electrons. The van der Waals surface area contributed by atoms with Gasteiger partial charge in [0.2, 0.25) is 5.91 Å². The third kappa shape index (κ3) is 3.61. The lowest BCUT2D eigenvalue weighted by atomic mass is 9.93. The maximum atomic E-state index is 12.9. The number of halogens is 1. The van der Waals surface area contributed by atoms with E-state index in [9.17, 15) is 14.0 Å². The monoisotopic (exact) mass is 357 g/mol. The minimum Gasteiger partial charge on any atom is -0.490 e. The Bertz CT molecular complexity index is 850. The van der Waals surface area contributed by atoms with Gasteiger partial charge in [0.1, 0.15) is 18.2 Å². The Labute approximate surface area is 150 Å². The van der Waals surface area contributed by atoms with E-state index in [0.29, 0.717) is 22.8 Å². The van der Waals surface area contributed by atoms with Gasteiger partial charge in [-0.2, -0.15) is 0 Å². The van der Waals surface area contributed by atoms with Gasteiger partial charge < -0.3 is 20.3 Å².